The minimum atomic E-state index is -0.488. The van der Waals surface area contributed by atoms with Crippen LogP contribution in [0, 0.1) is 5.82 Å². The van der Waals surface area contributed by atoms with Gasteiger partial charge in [-0.05, 0) is 0 Å². The summed E-state index contributed by atoms with van der Waals surface area (Å²) in [6.07, 6.45) is 1.40. The van der Waals surface area contributed by atoms with Gasteiger partial charge in [0.25, 0.3) is 5.91 Å². The second-order valence-electron chi connectivity index (χ2n) is 6.76. The van der Waals surface area contributed by atoms with Crippen LogP contribution in [0.3, 0.4) is 0 Å². The Bertz CT molecular complexity index is 1120. The third-order valence-electron chi connectivity index (χ3n) is 4.57. The number of amides is 1. The van der Waals surface area contributed by atoms with E-state index in [0.29, 0.717) is 42.0 Å². The normalized spacial score (nSPS) is 12.8. The Morgan fingerprint density at radius 3 is 2.90 bits per heavy atom. The molecule has 11 nitrogen and oxygen atoms in total. The van der Waals surface area contributed by atoms with Gasteiger partial charge >= 0.3 is 0 Å². The molecule has 3 heterocycles. The van der Waals surface area contributed by atoms with Crippen LogP contribution in [0.4, 0.5) is 21.7 Å². The van der Waals surface area contributed by atoms with E-state index < -0.39 is 11.7 Å². The number of hydrazine groups is 1. The highest BCUT2D eigenvalue weighted by Crippen LogP contribution is 2.39. The first-order valence-electron chi connectivity index (χ1n) is 9.56. The number of halogens is 1. The molecule has 0 saturated heterocycles. The highest BCUT2D eigenvalue weighted by atomic mass is 19.1. The molecule has 0 radical (unpaired) electrons. The second-order valence-corrected chi connectivity index (χ2v) is 6.76. The van der Waals surface area contributed by atoms with Crippen LogP contribution in [-0.4, -0.2) is 71.1 Å². The molecule has 0 bridgehead atoms. The molecule has 1 amide bonds. The Kier molecular flexibility index (Phi) is 5.73. The van der Waals surface area contributed by atoms with Gasteiger partial charge in [-0.2, -0.15) is 9.61 Å². The van der Waals surface area contributed by atoms with Crippen molar-refractivity contribution in [3.05, 3.63) is 35.8 Å². The Morgan fingerprint density at radius 2 is 2.13 bits per heavy atom. The number of likely N-dealkylation sites (N-methyl/N-ethyl adjacent to an activating group) is 1. The fourth-order valence-electron chi connectivity index (χ4n) is 3.16. The second kappa shape index (κ2) is 8.62. The molecule has 1 aliphatic rings. The Morgan fingerprint density at radius 1 is 1.32 bits per heavy atom. The van der Waals surface area contributed by atoms with Gasteiger partial charge in [0.15, 0.2) is 17.1 Å². The van der Waals surface area contributed by atoms with Crippen molar-refractivity contribution >= 4 is 28.9 Å². The number of anilines is 3. The molecule has 0 saturated carbocycles. The molecule has 31 heavy (non-hydrogen) atoms. The van der Waals surface area contributed by atoms with Crippen molar-refractivity contribution in [3.8, 4) is 11.5 Å². The van der Waals surface area contributed by atoms with Crippen molar-refractivity contribution in [1.29, 1.82) is 0 Å². The highest BCUT2D eigenvalue weighted by Gasteiger charge is 2.21. The number of benzene rings is 1. The number of hydrogen-bond acceptors (Lipinski definition) is 9. The maximum absolute atomic E-state index is 14.1. The van der Waals surface area contributed by atoms with E-state index in [-0.39, 0.29) is 24.4 Å². The van der Waals surface area contributed by atoms with Gasteiger partial charge in [-0.3, -0.25) is 10.2 Å². The number of nitrogens with one attached hydrogen (secondary N) is 3. The molecule has 4 rings (SSSR count). The number of aliphatic hydroxyl groups excluding tert-OH is 1. The van der Waals surface area contributed by atoms with E-state index in [1.54, 1.807) is 20.2 Å². The van der Waals surface area contributed by atoms with Crippen LogP contribution in [0.2, 0.25) is 0 Å². The van der Waals surface area contributed by atoms with Crippen molar-refractivity contribution in [2.45, 2.75) is 0 Å². The van der Waals surface area contributed by atoms with E-state index in [0.717, 1.165) is 0 Å². The van der Waals surface area contributed by atoms with E-state index in [1.807, 2.05) is 0 Å². The summed E-state index contributed by atoms with van der Waals surface area (Å²) in [6.45, 7) is 0.837. The van der Waals surface area contributed by atoms with Gasteiger partial charge in [0.2, 0.25) is 0 Å². The minimum absolute atomic E-state index is 0.106. The van der Waals surface area contributed by atoms with Crippen LogP contribution < -0.4 is 25.5 Å². The van der Waals surface area contributed by atoms with Crippen molar-refractivity contribution in [3.63, 3.8) is 0 Å². The van der Waals surface area contributed by atoms with Crippen molar-refractivity contribution < 1.29 is 23.8 Å². The highest BCUT2D eigenvalue weighted by molar-refractivity contribution is 5.99. The van der Waals surface area contributed by atoms with Gasteiger partial charge in [-0.1, -0.05) is 0 Å². The molecule has 12 heteroatoms. The third-order valence-corrected chi connectivity index (χ3v) is 4.57. The van der Waals surface area contributed by atoms with Gasteiger partial charge in [0.05, 0.1) is 18.5 Å². The molecule has 0 fully saturated rings. The number of aliphatic hydroxyl groups is 1. The lowest BCUT2D eigenvalue weighted by atomic mass is 10.2. The van der Waals surface area contributed by atoms with Gasteiger partial charge in [0.1, 0.15) is 36.2 Å². The van der Waals surface area contributed by atoms with Crippen LogP contribution in [0.25, 0.3) is 5.65 Å². The van der Waals surface area contributed by atoms with Crippen LogP contribution >= 0.6 is 0 Å². The van der Waals surface area contributed by atoms with E-state index in [4.69, 9.17) is 14.6 Å². The third kappa shape index (κ3) is 4.15. The van der Waals surface area contributed by atoms with Gasteiger partial charge in [-0.15, -0.1) is 0 Å². The number of aromatic nitrogens is 3. The maximum Gasteiger partial charge on any atom is 0.271 e. The van der Waals surface area contributed by atoms with E-state index in [9.17, 15) is 9.18 Å². The lowest BCUT2D eigenvalue weighted by molar-refractivity contribution is 0.0804. The van der Waals surface area contributed by atoms with Gasteiger partial charge in [0, 0.05) is 38.8 Å². The summed E-state index contributed by atoms with van der Waals surface area (Å²) < 4.78 is 26.6. The van der Waals surface area contributed by atoms with Crippen molar-refractivity contribution in [2.75, 3.05) is 51.1 Å². The Balaban J connectivity index is 1.71. The molecule has 0 aliphatic carbocycles. The fourth-order valence-corrected chi connectivity index (χ4v) is 3.16. The fraction of sp³-hybridized carbons (Fsp3) is 0.316. The molecule has 164 valence electrons. The van der Waals surface area contributed by atoms with Crippen LogP contribution in [-0.2, 0) is 0 Å². The van der Waals surface area contributed by atoms with Crippen molar-refractivity contribution in [1.82, 2.24) is 25.0 Å². The lowest BCUT2D eigenvalue weighted by Crippen LogP contribution is -2.40. The molecule has 0 spiro atoms. The van der Waals surface area contributed by atoms with Crippen molar-refractivity contribution in [2.24, 2.45) is 0 Å². The summed E-state index contributed by atoms with van der Waals surface area (Å²) in [4.78, 5) is 17.1. The predicted molar refractivity (Wildman–Crippen MR) is 110 cm³/mol. The summed E-state index contributed by atoms with van der Waals surface area (Å²) in [5.74, 6) is 0.669. The number of fused-ring (bicyclic) bond motifs is 2. The van der Waals surface area contributed by atoms with Gasteiger partial charge < -0.3 is 25.2 Å². The monoisotopic (exact) mass is 431 g/mol. The molecule has 0 unspecified atom stereocenters. The number of hydrogen-bond donors (Lipinski definition) is 4. The summed E-state index contributed by atoms with van der Waals surface area (Å²) in [7, 11) is 3.34. The number of ether oxygens (including phenoxy) is 2. The molecule has 2 aromatic heterocycles. The smallest absolute Gasteiger partial charge is 0.271 e. The molecule has 0 atom stereocenters. The zero-order valence-electron chi connectivity index (χ0n) is 17.0. The first-order valence-corrected chi connectivity index (χ1v) is 9.56. The zero-order valence-corrected chi connectivity index (χ0v) is 17.0. The quantitative estimate of drug-likeness (QED) is 0.405. The molecule has 3 aromatic rings. The van der Waals surface area contributed by atoms with Crippen LogP contribution in [0.15, 0.2) is 24.4 Å². The average molecular weight is 431 g/mol. The number of rotatable bonds is 7. The summed E-state index contributed by atoms with van der Waals surface area (Å²) >= 11 is 0. The SMILES string of the molecule is CNc1cc(Nc2cc(F)cc3c2OCCO3)nc2c(C(=O)NN(C)CCO)cnn12. The van der Waals surface area contributed by atoms with Crippen LogP contribution in [0.1, 0.15) is 10.4 Å². The number of carbonyl (C=O) groups excluding carboxylic acids is 1. The van der Waals surface area contributed by atoms with Crippen LogP contribution in [0.5, 0.6) is 11.5 Å². The standard InChI is InChI=1S/C19H22FN7O4/c1-21-16-9-15(23-13-7-11(20)8-14-17(13)31-6-5-30-14)24-18-12(10-22-27(16)18)19(29)25-26(2)3-4-28/h7-10,21,28H,3-6H2,1-2H3,(H,23,24)(H,25,29). The van der Waals surface area contributed by atoms with Gasteiger partial charge in [-0.25, -0.2) is 14.4 Å². The Hall–Kier alpha value is -3.64. The lowest BCUT2D eigenvalue weighted by Gasteiger charge is -2.21. The minimum Gasteiger partial charge on any atom is -0.486 e. The molecular weight excluding hydrogens is 409 g/mol. The zero-order chi connectivity index (χ0) is 22.0. The maximum atomic E-state index is 14.1. The number of nitrogens with zero attached hydrogens (tertiary/aromatic N) is 4. The molecule has 4 N–H and O–H groups in total. The predicted octanol–water partition coefficient (Wildman–Crippen LogP) is 0.994. The largest absolute Gasteiger partial charge is 0.486 e. The molecular formula is C19H22FN7O4. The molecule has 1 aliphatic heterocycles. The molecule has 1 aromatic carbocycles. The first kappa shape index (κ1) is 20.6. The summed E-state index contributed by atoms with van der Waals surface area (Å²) in [5.41, 5.74) is 3.50. The number of carbonyl (C=O) groups is 1. The van der Waals surface area contributed by atoms with E-state index >= 15 is 0 Å². The van der Waals surface area contributed by atoms with E-state index in [2.05, 4.69) is 26.1 Å². The van der Waals surface area contributed by atoms with E-state index in [1.165, 1.54) is 27.9 Å². The first-order chi connectivity index (χ1) is 15.0. The Labute approximate surface area is 176 Å². The topological polar surface area (TPSA) is 125 Å². The summed E-state index contributed by atoms with van der Waals surface area (Å²) in [5, 5.41) is 20.7. The average Bonchev–Trinajstić information content (AvgIpc) is 3.17. The summed E-state index contributed by atoms with van der Waals surface area (Å²) in [6, 6.07) is 4.21.